The highest BCUT2D eigenvalue weighted by Gasteiger charge is 2.37. The zero-order chi connectivity index (χ0) is 24.4. The molecular formula is C18H18F6N6O2. The fourth-order valence-corrected chi connectivity index (χ4v) is 2.34. The van der Waals surface area contributed by atoms with Gasteiger partial charge in [0.15, 0.2) is 5.82 Å². The molecule has 14 heteroatoms. The molecule has 2 aromatic rings. The fraction of sp³-hybridized carbons (Fsp3) is 0.333. The average molecular weight is 464 g/mol. The molecule has 2 amide bonds. The van der Waals surface area contributed by atoms with Gasteiger partial charge in [-0.15, -0.1) is 5.10 Å². The summed E-state index contributed by atoms with van der Waals surface area (Å²) in [6, 6.07) is -0.109. The summed E-state index contributed by atoms with van der Waals surface area (Å²) in [5.41, 5.74) is 2.04. The quantitative estimate of drug-likeness (QED) is 0.231. The molecule has 32 heavy (non-hydrogen) atoms. The van der Waals surface area contributed by atoms with Crippen molar-refractivity contribution in [3.05, 3.63) is 41.7 Å². The smallest absolute Gasteiger partial charge is 0.320 e. The van der Waals surface area contributed by atoms with E-state index in [-0.39, 0.29) is 17.0 Å². The van der Waals surface area contributed by atoms with Crippen molar-refractivity contribution in [2.75, 3.05) is 0 Å². The summed E-state index contributed by atoms with van der Waals surface area (Å²) >= 11 is 0. The minimum Gasteiger partial charge on any atom is -0.320 e. The molecule has 0 saturated carbocycles. The number of halogens is 6. The lowest BCUT2D eigenvalue weighted by Crippen LogP contribution is -2.52. The molecule has 1 aromatic carbocycles. The number of benzene rings is 1. The number of hydrazine groups is 1. The second kappa shape index (κ2) is 9.08. The Morgan fingerprint density at radius 2 is 1.59 bits per heavy atom. The molecule has 0 aliphatic carbocycles. The topological polar surface area (TPSA) is 120 Å². The minimum atomic E-state index is -5.03. The highest BCUT2D eigenvalue weighted by Crippen LogP contribution is 2.38. The molecule has 8 nitrogen and oxygen atoms in total. The Labute approximate surface area is 177 Å². The Morgan fingerprint density at radius 1 is 1.06 bits per heavy atom. The lowest BCUT2D eigenvalue weighted by Gasteiger charge is -2.20. The number of hydrogen-bond donors (Lipinski definition) is 2. The molecule has 1 aromatic heterocycles. The summed E-state index contributed by atoms with van der Waals surface area (Å²) in [7, 11) is 0. The van der Waals surface area contributed by atoms with E-state index in [1.807, 2.05) is 0 Å². The lowest BCUT2D eigenvalue weighted by atomic mass is 10.0. The second-order valence-corrected chi connectivity index (χ2v) is 6.97. The van der Waals surface area contributed by atoms with Gasteiger partial charge < -0.3 is 5.73 Å². The number of aromatic nitrogens is 3. The zero-order valence-electron chi connectivity index (χ0n) is 16.6. The summed E-state index contributed by atoms with van der Waals surface area (Å²) in [6.07, 6.45) is -7.35. The molecule has 0 saturated heterocycles. The molecule has 0 bridgehead atoms. The van der Waals surface area contributed by atoms with Crippen LogP contribution in [0.2, 0.25) is 0 Å². The Morgan fingerprint density at radius 3 is 2.06 bits per heavy atom. The molecular weight excluding hydrogens is 446 g/mol. The van der Waals surface area contributed by atoms with Crippen LogP contribution in [0, 0.1) is 5.92 Å². The monoisotopic (exact) mass is 464 g/mol. The summed E-state index contributed by atoms with van der Waals surface area (Å²) < 4.78 is 78.8. The Balaban J connectivity index is 2.29. The Bertz CT molecular complexity index is 995. The van der Waals surface area contributed by atoms with Crippen LogP contribution in [0.15, 0.2) is 30.6 Å². The molecule has 174 valence electrons. The van der Waals surface area contributed by atoms with Crippen LogP contribution in [0.5, 0.6) is 0 Å². The molecule has 0 radical (unpaired) electrons. The van der Waals surface area contributed by atoms with E-state index in [9.17, 15) is 35.9 Å². The van der Waals surface area contributed by atoms with Gasteiger partial charge in [-0.05, 0) is 24.1 Å². The number of alkyl halides is 6. The zero-order valence-corrected chi connectivity index (χ0v) is 16.6. The molecule has 1 atom stereocenters. The second-order valence-electron chi connectivity index (χ2n) is 6.97. The SMILES string of the molecule is CC(C)[C@@H](N)C(=O)N(N)C(=O)C=Cn1cnc(-c2cc(C(F)(F)F)cc(C(F)(F)F)c2)n1. The maximum absolute atomic E-state index is 13.0. The van der Waals surface area contributed by atoms with Gasteiger partial charge in [-0.25, -0.2) is 20.5 Å². The summed E-state index contributed by atoms with van der Waals surface area (Å²) in [5, 5.41) is 4.01. The number of nitrogens with zero attached hydrogens (tertiary/aromatic N) is 4. The average Bonchev–Trinajstić information content (AvgIpc) is 3.17. The number of carbonyl (C=O) groups excluding carboxylic acids is 2. The van der Waals surface area contributed by atoms with Crippen LogP contribution in [0.1, 0.15) is 25.0 Å². The van der Waals surface area contributed by atoms with Crippen LogP contribution in [-0.4, -0.2) is 37.6 Å². The van der Waals surface area contributed by atoms with E-state index in [4.69, 9.17) is 11.6 Å². The molecule has 0 fully saturated rings. The van der Waals surface area contributed by atoms with Crippen LogP contribution in [0.4, 0.5) is 26.3 Å². The maximum Gasteiger partial charge on any atom is 0.416 e. The number of nitrogens with two attached hydrogens (primary N) is 2. The van der Waals surface area contributed by atoms with Crippen molar-refractivity contribution in [1.82, 2.24) is 19.8 Å². The third-order valence-corrected chi connectivity index (χ3v) is 4.20. The van der Waals surface area contributed by atoms with Crippen molar-refractivity contribution in [2.45, 2.75) is 32.2 Å². The van der Waals surface area contributed by atoms with E-state index in [0.717, 1.165) is 23.3 Å². The first-order valence-corrected chi connectivity index (χ1v) is 8.88. The van der Waals surface area contributed by atoms with E-state index in [2.05, 4.69) is 10.1 Å². The first kappa shape index (κ1) is 25.0. The summed E-state index contributed by atoms with van der Waals surface area (Å²) in [6.45, 7) is 3.29. The largest absolute Gasteiger partial charge is 0.416 e. The van der Waals surface area contributed by atoms with Crippen LogP contribution < -0.4 is 11.6 Å². The third-order valence-electron chi connectivity index (χ3n) is 4.20. The number of carbonyl (C=O) groups is 2. The fourth-order valence-electron chi connectivity index (χ4n) is 2.34. The Hall–Kier alpha value is -3.26. The number of imide groups is 1. The van der Waals surface area contributed by atoms with Crippen molar-refractivity contribution in [2.24, 2.45) is 17.5 Å². The molecule has 0 unspecified atom stereocenters. The predicted molar refractivity (Wildman–Crippen MR) is 99.6 cm³/mol. The van der Waals surface area contributed by atoms with Crippen LogP contribution in [0.25, 0.3) is 17.6 Å². The van der Waals surface area contributed by atoms with Gasteiger partial charge in [-0.3, -0.25) is 9.59 Å². The number of hydrogen-bond acceptors (Lipinski definition) is 6. The molecule has 1 heterocycles. The van der Waals surface area contributed by atoms with Crippen molar-refractivity contribution in [3.8, 4) is 11.4 Å². The minimum absolute atomic E-state index is 0.0201. The van der Waals surface area contributed by atoms with Crippen LogP contribution >= 0.6 is 0 Å². The van der Waals surface area contributed by atoms with Gasteiger partial charge in [0, 0.05) is 17.8 Å². The standard InChI is InChI=1S/C18H18F6N6O2/c1-9(2)14(25)16(32)30(26)13(31)3-4-29-8-27-15(28-29)10-5-11(17(19,20)21)7-12(6-10)18(22,23)24/h3-9,14H,25-26H2,1-2H3/t14-/m1/s1. The lowest BCUT2D eigenvalue weighted by molar-refractivity contribution is -0.145. The van der Waals surface area contributed by atoms with Crippen molar-refractivity contribution < 1.29 is 35.9 Å². The van der Waals surface area contributed by atoms with Gasteiger partial charge in [-0.1, -0.05) is 13.8 Å². The molecule has 2 rings (SSSR count). The van der Waals surface area contributed by atoms with Gasteiger partial charge >= 0.3 is 12.4 Å². The van der Waals surface area contributed by atoms with Gasteiger partial charge in [0.1, 0.15) is 6.33 Å². The third kappa shape index (κ3) is 5.91. The number of amides is 2. The first-order chi connectivity index (χ1) is 14.6. The molecule has 4 N–H and O–H groups in total. The van der Waals surface area contributed by atoms with E-state index in [0.29, 0.717) is 12.1 Å². The van der Waals surface area contributed by atoms with Crippen molar-refractivity contribution >= 4 is 18.0 Å². The predicted octanol–water partition coefficient (Wildman–Crippen LogP) is 2.67. The molecule has 0 aliphatic rings. The Kier molecular flexibility index (Phi) is 7.09. The normalized spacial score (nSPS) is 13.6. The van der Waals surface area contributed by atoms with E-state index in [1.165, 1.54) is 0 Å². The summed E-state index contributed by atoms with van der Waals surface area (Å²) in [5.74, 6) is 2.83. The van der Waals surface area contributed by atoms with Crippen LogP contribution in [-0.2, 0) is 21.9 Å². The van der Waals surface area contributed by atoms with Gasteiger partial charge in [0.25, 0.3) is 11.8 Å². The first-order valence-electron chi connectivity index (χ1n) is 8.88. The highest BCUT2D eigenvalue weighted by atomic mass is 19.4. The van der Waals surface area contributed by atoms with Gasteiger partial charge in [-0.2, -0.15) is 26.3 Å². The number of rotatable bonds is 5. The maximum atomic E-state index is 13.0. The molecule has 0 spiro atoms. The van der Waals surface area contributed by atoms with E-state index in [1.54, 1.807) is 13.8 Å². The molecule has 0 aliphatic heterocycles. The highest BCUT2D eigenvalue weighted by molar-refractivity contribution is 6.03. The summed E-state index contributed by atoms with van der Waals surface area (Å²) in [4.78, 5) is 27.6. The van der Waals surface area contributed by atoms with Crippen LogP contribution in [0.3, 0.4) is 0 Å². The van der Waals surface area contributed by atoms with Gasteiger partial charge in [0.05, 0.1) is 17.2 Å². The van der Waals surface area contributed by atoms with E-state index >= 15 is 0 Å². The van der Waals surface area contributed by atoms with Crippen molar-refractivity contribution in [3.63, 3.8) is 0 Å². The van der Waals surface area contributed by atoms with Crippen molar-refractivity contribution in [1.29, 1.82) is 0 Å². The van der Waals surface area contributed by atoms with E-state index < -0.39 is 52.7 Å². The van der Waals surface area contributed by atoms with Gasteiger partial charge in [0.2, 0.25) is 0 Å².